The Hall–Kier alpha value is -2.74. The number of benzene rings is 2. The third-order valence-corrected chi connectivity index (χ3v) is 5.11. The number of alkyl halides is 3. The molecule has 0 radical (unpaired) electrons. The van der Waals surface area contributed by atoms with Gasteiger partial charge in [0.25, 0.3) is 5.91 Å². The van der Waals surface area contributed by atoms with Crippen molar-refractivity contribution in [3.8, 4) is 5.75 Å². The number of likely N-dealkylation sites (tertiary alicyclic amines) is 1. The Bertz CT molecular complexity index is 841. The van der Waals surface area contributed by atoms with Crippen LogP contribution >= 0.6 is 0 Å². The van der Waals surface area contributed by atoms with E-state index in [0.717, 1.165) is 17.7 Å². The molecule has 31 heavy (non-hydrogen) atoms. The molecule has 1 unspecified atom stereocenters. The molecule has 1 N–H and O–H groups in total. The number of hydrogen-bond acceptors (Lipinski definition) is 4. The Morgan fingerprint density at radius 1 is 1.19 bits per heavy atom. The highest BCUT2D eigenvalue weighted by Gasteiger charge is 2.32. The first-order valence-corrected chi connectivity index (χ1v) is 10.3. The van der Waals surface area contributed by atoms with Gasteiger partial charge in [-0.3, -0.25) is 4.79 Å². The van der Waals surface area contributed by atoms with Crippen LogP contribution in [-0.4, -0.2) is 48.7 Å². The van der Waals surface area contributed by atoms with Gasteiger partial charge in [-0.25, -0.2) is 0 Å². The number of halogens is 3. The molecule has 0 aromatic heterocycles. The van der Waals surface area contributed by atoms with Crippen molar-refractivity contribution >= 4 is 11.6 Å². The van der Waals surface area contributed by atoms with Crippen LogP contribution in [0.5, 0.6) is 5.75 Å². The zero-order valence-electron chi connectivity index (χ0n) is 18.0. The number of ether oxygens (including phenoxy) is 1. The number of hydrogen-bond donors (Lipinski definition) is 1. The molecular formula is C23H29F3N2O3. The van der Waals surface area contributed by atoms with Crippen molar-refractivity contribution in [1.29, 1.82) is 0 Å². The number of rotatable bonds is 6. The van der Waals surface area contributed by atoms with Crippen molar-refractivity contribution in [3.63, 3.8) is 0 Å². The average molecular weight is 438 g/mol. The maximum atomic E-state index is 12.9. The fourth-order valence-electron chi connectivity index (χ4n) is 3.32. The van der Waals surface area contributed by atoms with E-state index < -0.39 is 11.7 Å². The highest BCUT2D eigenvalue weighted by atomic mass is 19.4. The molecule has 1 saturated heterocycles. The first-order chi connectivity index (χ1) is 14.8. The SMILES string of the molecule is CC.CN(c1cccc(C(F)(F)F)c1)C1CCN(C(=O)COc2ccc(CO)cc2)C1. The highest BCUT2D eigenvalue weighted by molar-refractivity contribution is 5.78. The van der Waals surface area contributed by atoms with Gasteiger partial charge >= 0.3 is 6.18 Å². The third-order valence-electron chi connectivity index (χ3n) is 5.11. The lowest BCUT2D eigenvalue weighted by molar-refractivity contribution is -0.137. The maximum Gasteiger partial charge on any atom is 0.416 e. The van der Waals surface area contributed by atoms with E-state index in [1.165, 1.54) is 6.07 Å². The monoisotopic (exact) mass is 438 g/mol. The van der Waals surface area contributed by atoms with Gasteiger partial charge in [0.15, 0.2) is 6.61 Å². The van der Waals surface area contributed by atoms with Gasteiger partial charge in [-0.1, -0.05) is 32.0 Å². The summed E-state index contributed by atoms with van der Waals surface area (Å²) in [5, 5.41) is 9.04. The topological polar surface area (TPSA) is 53.0 Å². The van der Waals surface area contributed by atoms with Crippen molar-refractivity contribution in [2.75, 3.05) is 31.6 Å². The molecule has 2 aromatic carbocycles. The van der Waals surface area contributed by atoms with Gasteiger partial charge < -0.3 is 19.6 Å². The van der Waals surface area contributed by atoms with Crippen LogP contribution in [-0.2, 0) is 17.6 Å². The molecule has 0 saturated carbocycles. The summed E-state index contributed by atoms with van der Waals surface area (Å²) >= 11 is 0. The third kappa shape index (κ3) is 6.62. The summed E-state index contributed by atoms with van der Waals surface area (Å²) in [6.45, 7) is 4.78. The van der Waals surface area contributed by atoms with Gasteiger partial charge in [0.05, 0.1) is 12.2 Å². The largest absolute Gasteiger partial charge is 0.484 e. The fourth-order valence-corrected chi connectivity index (χ4v) is 3.32. The number of aliphatic hydroxyl groups is 1. The highest BCUT2D eigenvalue weighted by Crippen LogP contribution is 2.32. The summed E-state index contributed by atoms with van der Waals surface area (Å²) in [7, 11) is 1.74. The average Bonchev–Trinajstić information content (AvgIpc) is 3.28. The zero-order valence-corrected chi connectivity index (χ0v) is 18.0. The van der Waals surface area contributed by atoms with Crippen LogP contribution in [0.15, 0.2) is 48.5 Å². The lowest BCUT2D eigenvalue weighted by Gasteiger charge is -2.27. The van der Waals surface area contributed by atoms with Gasteiger partial charge in [0.1, 0.15) is 5.75 Å². The van der Waals surface area contributed by atoms with Crippen LogP contribution in [0, 0.1) is 0 Å². The normalized spacial score (nSPS) is 15.8. The van der Waals surface area contributed by atoms with E-state index in [-0.39, 0.29) is 25.2 Å². The predicted octanol–water partition coefficient (Wildman–Crippen LogP) is 4.34. The second-order valence-electron chi connectivity index (χ2n) is 7.03. The van der Waals surface area contributed by atoms with Crippen LogP contribution in [0.25, 0.3) is 0 Å². The smallest absolute Gasteiger partial charge is 0.416 e. The molecule has 1 fully saturated rings. The molecule has 170 valence electrons. The van der Waals surface area contributed by atoms with E-state index in [9.17, 15) is 18.0 Å². The molecule has 2 aromatic rings. The molecule has 0 bridgehead atoms. The molecule has 3 rings (SSSR count). The Morgan fingerprint density at radius 3 is 2.48 bits per heavy atom. The fraction of sp³-hybridized carbons (Fsp3) is 0.435. The van der Waals surface area contributed by atoms with Crippen LogP contribution in [0.3, 0.4) is 0 Å². The number of likely N-dealkylation sites (N-methyl/N-ethyl adjacent to an activating group) is 1. The minimum absolute atomic E-state index is 0.0617. The minimum atomic E-state index is -4.39. The van der Waals surface area contributed by atoms with Crippen molar-refractivity contribution in [3.05, 3.63) is 59.7 Å². The quantitative estimate of drug-likeness (QED) is 0.729. The second-order valence-corrected chi connectivity index (χ2v) is 7.03. The van der Waals surface area contributed by atoms with Gasteiger partial charge in [-0.2, -0.15) is 13.2 Å². The lowest BCUT2D eigenvalue weighted by atomic mass is 10.1. The summed E-state index contributed by atoms with van der Waals surface area (Å²) in [5.74, 6) is 0.364. The van der Waals surface area contributed by atoms with Crippen molar-refractivity contribution < 1.29 is 27.8 Å². The second kappa shape index (κ2) is 11.0. The molecule has 1 heterocycles. The van der Waals surface area contributed by atoms with Gasteiger partial charge in [0, 0.05) is 31.9 Å². The predicted molar refractivity (Wildman–Crippen MR) is 114 cm³/mol. The first kappa shape index (κ1) is 24.5. The van der Waals surface area contributed by atoms with Gasteiger partial charge in [-0.15, -0.1) is 0 Å². The van der Waals surface area contributed by atoms with Crippen LogP contribution in [0.2, 0.25) is 0 Å². The van der Waals surface area contributed by atoms with Crippen LogP contribution in [0.4, 0.5) is 18.9 Å². The Kier molecular flexibility index (Phi) is 8.74. The molecule has 5 nitrogen and oxygen atoms in total. The van der Waals surface area contributed by atoms with E-state index in [0.29, 0.717) is 30.9 Å². The molecule has 8 heteroatoms. The summed E-state index contributed by atoms with van der Waals surface area (Å²) in [6, 6.07) is 12.0. The Morgan fingerprint density at radius 2 is 1.87 bits per heavy atom. The zero-order chi connectivity index (χ0) is 23.0. The standard InChI is InChI=1S/C21H23F3N2O3.C2H6/c1-25(17-4-2-3-16(11-17)21(22,23)24)18-9-10-26(12-18)20(28)14-29-19-7-5-15(13-27)6-8-19;1-2/h2-8,11,18,27H,9-10,12-14H2,1H3;1-2H3. The Labute approximate surface area is 181 Å². The number of carbonyl (C=O) groups excluding carboxylic acids is 1. The molecule has 0 aliphatic carbocycles. The molecular weight excluding hydrogens is 409 g/mol. The number of carbonyl (C=O) groups is 1. The summed E-state index contributed by atoms with van der Waals surface area (Å²) in [6.07, 6.45) is -3.72. The molecule has 1 aliphatic rings. The molecule has 1 aliphatic heterocycles. The van der Waals surface area contributed by atoms with Gasteiger partial charge in [0.2, 0.25) is 0 Å². The first-order valence-electron chi connectivity index (χ1n) is 10.3. The van der Waals surface area contributed by atoms with Crippen molar-refractivity contribution in [2.24, 2.45) is 0 Å². The van der Waals surface area contributed by atoms with Crippen molar-refractivity contribution in [1.82, 2.24) is 4.90 Å². The van der Waals surface area contributed by atoms with Crippen LogP contribution < -0.4 is 9.64 Å². The Balaban J connectivity index is 0.00000166. The number of anilines is 1. The van der Waals surface area contributed by atoms with Crippen LogP contribution in [0.1, 0.15) is 31.4 Å². The summed E-state index contributed by atoms with van der Waals surface area (Å²) < 4.78 is 44.3. The van der Waals surface area contributed by atoms with Crippen molar-refractivity contribution in [2.45, 2.75) is 39.1 Å². The summed E-state index contributed by atoms with van der Waals surface area (Å²) in [5.41, 5.74) is 0.538. The minimum Gasteiger partial charge on any atom is -0.484 e. The number of amides is 1. The van der Waals surface area contributed by atoms with E-state index in [2.05, 4.69) is 0 Å². The maximum absolute atomic E-state index is 12.9. The number of aliphatic hydroxyl groups excluding tert-OH is 1. The van der Waals surface area contributed by atoms with E-state index >= 15 is 0 Å². The molecule has 0 spiro atoms. The van der Waals surface area contributed by atoms with E-state index in [1.54, 1.807) is 47.2 Å². The summed E-state index contributed by atoms with van der Waals surface area (Å²) in [4.78, 5) is 15.9. The van der Waals surface area contributed by atoms with E-state index in [1.807, 2.05) is 13.8 Å². The van der Waals surface area contributed by atoms with Gasteiger partial charge in [-0.05, 0) is 42.3 Å². The molecule has 1 atom stereocenters. The van der Waals surface area contributed by atoms with E-state index in [4.69, 9.17) is 9.84 Å². The number of nitrogens with zero attached hydrogens (tertiary/aromatic N) is 2. The lowest BCUT2D eigenvalue weighted by Crippen LogP contribution is -2.38. The molecule has 1 amide bonds.